The predicted molar refractivity (Wildman–Crippen MR) is 78.2 cm³/mol. The number of hydrogen-bond acceptors (Lipinski definition) is 3. The van der Waals surface area contributed by atoms with Gasteiger partial charge in [-0.1, -0.05) is 24.1 Å². The highest BCUT2D eigenvalue weighted by molar-refractivity contribution is 5.75. The average molecular weight is 262 g/mol. The van der Waals surface area contributed by atoms with Crippen molar-refractivity contribution in [2.24, 2.45) is 0 Å². The molecule has 2 heterocycles. The van der Waals surface area contributed by atoms with Gasteiger partial charge in [0.15, 0.2) is 11.5 Å². The lowest BCUT2D eigenvalue weighted by Crippen LogP contribution is -1.83. The summed E-state index contributed by atoms with van der Waals surface area (Å²) in [5.41, 5.74) is 3.69. The summed E-state index contributed by atoms with van der Waals surface area (Å²) in [5, 5.41) is 0. The van der Waals surface area contributed by atoms with Crippen LogP contribution in [0, 0.1) is 18.8 Å². The van der Waals surface area contributed by atoms with Gasteiger partial charge in [0.25, 0.3) is 0 Å². The first kappa shape index (κ1) is 12.4. The lowest BCUT2D eigenvalue weighted by molar-refractivity contribution is 0.530. The first-order chi connectivity index (χ1) is 9.83. The maximum Gasteiger partial charge on any atom is 0.196 e. The molecule has 0 atom stereocenters. The maximum atomic E-state index is 5.76. The van der Waals surface area contributed by atoms with Gasteiger partial charge in [0.05, 0.1) is 0 Å². The molecule has 0 amide bonds. The number of para-hydroxylation sites is 1. The van der Waals surface area contributed by atoms with E-state index in [1.54, 1.807) is 6.20 Å². The van der Waals surface area contributed by atoms with Gasteiger partial charge in [0.1, 0.15) is 11.2 Å². The maximum absolute atomic E-state index is 5.76. The smallest absolute Gasteiger partial charge is 0.196 e. The van der Waals surface area contributed by atoms with Gasteiger partial charge >= 0.3 is 0 Å². The van der Waals surface area contributed by atoms with Crippen molar-refractivity contribution in [3.8, 4) is 11.8 Å². The first-order valence-electron chi connectivity index (χ1n) is 6.58. The van der Waals surface area contributed by atoms with Gasteiger partial charge in [0.2, 0.25) is 0 Å². The number of oxazole rings is 1. The zero-order chi connectivity index (χ0) is 13.8. The third kappa shape index (κ3) is 2.70. The van der Waals surface area contributed by atoms with Crippen LogP contribution < -0.4 is 0 Å². The van der Waals surface area contributed by atoms with E-state index in [1.165, 1.54) is 0 Å². The molecule has 0 aliphatic rings. The molecule has 0 saturated heterocycles. The van der Waals surface area contributed by atoms with Gasteiger partial charge in [-0.2, -0.15) is 0 Å². The highest BCUT2D eigenvalue weighted by atomic mass is 16.3. The fourth-order valence-electron chi connectivity index (χ4n) is 2.00. The highest BCUT2D eigenvalue weighted by Crippen LogP contribution is 2.19. The van der Waals surface area contributed by atoms with Crippen molar-refractivity contribution in [3.63, 3.8) is 0 Å². The summed E-state index contributed by atoms with van der Waals surface area (Å²) in [6.07, 6.45) is 3.17. The summed E-state index contributed by atoms with van der Waals surface area (Å²) in [6, 6.07) is 11.7. The molecule has 98 valence electrons. The van der Waals surface area contributed by atoms with Crippen LogP contribution in [0.5, 0.6) is 0 Å². The van der Waals surface area contributed by atoms with Crippen molar-refractivity contribution < 1.29 is 4.42 Å². The van der Waals surface area contributed by atoms with E-state index in [9.17, 15) is 0 Å². The van der Waals surface area contributed by atoms with Gasteiger partial charge < -0.3 is 4.42 Å². The molecule has 0 bridgehead atoms. The Morgan fingerprint density at radius 3 is 2.90 bits per heavy atom. The highest BCUT2D eigenvalue weighted by Gasteiger charge is 2.06. The summed E-state index contributed by atoms with van der Waals surface area (Å²) < 4.78 is 5.76. The number of benzene rings is 1. The van der Waals surface area contributed by atoms with Crippen LogP contribution in [0.3, 0.4) is 0 Å². The van der Waals surface area contributed by atoms with E-state index in [2.05, 4.69) is 21.8 Å². The Kier molecular flexibility index (Phi) is 3.47. The molecule has 2 aromatic heterocycles. The number of aromatic nitrogens is 2. The zero-order valence-electron chi connectivity index (χ0n) is 11.3. The van der Waals surface area contributed by atoms with Gasteiger partial charge in [-0.15, -0.1) is 0 Å². The summed E-state index contributed by atoms with van der Waals surface area (Å²) in [7, 11) is 0. The van der Waals surface area contributed by atoms with E-state index in [0.717, 1.165) is 28.2 Å². The van der Waals surface area contributed by atoms with Crippen molar-refractivity contribution >= 4 is 11.1 Å². The molecule has 0 aliphatic heterocycles. The third-order valence-corrected chi connectivity index (χ3v) is 3.00. The van der Waals surface area contributed by atoms with E-state index in [4.69, 9.17) is 4.42 Å². The van der Waals surface area contributed by atoms with Crippen LogP contribution in [-0.2, 0) is 6.42 Å². The Morgan fingerprint density at radius 2 is 2.10 bits per heavy atom. The molecular weight excluding hydrogens is 248 g/mol. The van der Waals surface area contributed by atoms with Crippen molar-refractivity contribution in [1.29, 1.82) is 0 Å². The number of rotatable bonds is 2. The Morgan fingerprint density at radius 1 is 1.15 bits per heavy atom. The minimum Gasteiger partial charge on any atom is -0.440 e. The molecule has 3 nitrogen and oxygen atoms in total. The molecule has 3 heteroatoms. The SMILES string of the molecule is Cc1cccc2nc(CCC#Cc3ccccn3)oc12. The normalized spacial score (nSPS) is 10.2. The van der Waals surface area contributed by atoms with E-state index in [1.807, 2.05) is 43.3 Å². The number of fused-ring (bicyclic) bond motifs is 1. The second-order valence-corrected chi connectivity index (χ2v) is 4.55. The molecule has 0 aliphatic carbocycles. The number of nitrogens with zero attached hydrogens (tertiary/aromatic N) is 2. The van der Waals surface area contributed by atoms with Crippen LogP contribution in [0.4, 0.5) is 0 Å². The van der Waals surface area contributed by atoms with E-state index in [-0.39, 0.29) is 0 Å². The van der Waals surface area contributed by atoms with Crippen LogP contribution in [0.1, 0.15) is 23.6 Å². The van der Waals surface area contributed by atoms with Gasteiger partial charge in [-0.05, 0) is 36.6 Å². The van der Waals surface area contributed by atoms with Crippen LogP contribution >= 0.6 is 0 Å². The van der Waals surface area contributed by atoms with Crippen molar-refractivity contribution in [2.75, 3.05) is 0 Å². The fourth-order valence-corrected chi connectivity index (χ4v) is 2.00. The monoisotopic (exact) mass is 262 g/mol. The molecule has 3 rings (SSSR count). The van der Waals surface area contributed by atoms with E-state index < -0.39 is 0 Å². The standard InChI is InChI=1S/C17H14N2O/c1-13-7-6-10-15-17(13)20-16(19-15)11-3-2-8-14-9-4-5-12-18-14/h4-7,9-10,12H,3,11H2,1H3. The average Bonchev–Trinajstić information content (AvgIpc) is 2.89. The van der Waals surface area contributed by atoms with Crippen molar-refractivity contribution in [3.05, 3.63) is 59.7 Å². The van der Waals surface area contributed by atoms with Crippen molar-refractivity contribution in [2.45, 2.75) is 19.8 Å². The molecule has 0 spiro atoms. The Hall–Kier alpha value is -2.60. The largest absolute Gasteiger partial charge is 0.440 e. The molecule has 1 aromatic carbocycles. The second-order valence-electron chi connectivity index (χ2n) is 4.55. The quantitative estimate of drug-likeness (QED) is 0.663. The Balaban J connectivity index is 1.69. The Labute approximate surface area is 117 Å². The van der Waals surface area contributed by atoms with Gasteiger partial charge in [-0.25, -0.2) is 9.97 Å². The fraction of sp³-hybridized carbons (Fsp3) is 0.176. The molecule has 0 saturated carbocycles. The lowest BCUT2D eigenvalue weighted by Gasteiger charge is -1.90. The summed E-state index contributed by atoms with van der Waals surface area (Å²) >= 11 is 0. The number of hydrogen-bond donors (Lipinski definition) is 0. The number of aryl methyl sites for hydroxylation is 2. The van der Waals surface area contributed by atoms with Gasteiger partial charge in [0, 0.05) is 19.0 Å². The zero-order valence-corrected chi connectivity index (χ0v) is 11.3. The third-order valence-electron chi connectivity index (χ3n) is 3.00. The minimum absolute atomic E-state index is 0.711. The summed E-state index contributed by atoms with van der Waals surface area (Å²) in [6.45, 7) is 2.03. The van der Waals surface area contributed by atoms with E-state index in [0.29, 0.717) is 12.8 Å². The summed E-state index contributed by atoms with van der Waals surface area (Å²) in [5.74, 6) is 6.87. The topological polar surface area (TPSA) is 38.9 Å². The van der Waals surface area contributed by atoms with Crippen molar-refractivity contribution in [1.82, 2.24) is 9.97 Å². The molecule has 0 N–H and O–H groups in total. The van der Waals surface area contributed by atoms with Gasteiger partial charge in [-0.3, -0.25) is 0 Å². The second kappa shape index (κ2) is 5.58. The van der Waals surface area contributed by atoms with Crippen LogP contribution in [0.15, 0.2) is 47.0 Å². The molecule has 0 radical (unpaired) electrons. The van der Waals surface area contributed by atoms with Crippen LogP contribution in [0.2, 0.25) is 0 Å². The summed E-state index contributed by atoms with van der Waals surface area (Å²) in [4.78, 5) is 8.63. The van der Waals surface area contributed by atoms with Crippen LogP contribution in [-0.4, -0.2) is 9.97 Å². The molecule has 0 fully saturated rings. The predicted octanol–water partition coefficient (Wildman–Crippen LogP) is 3.52. The van der Waals surface area contributed by atoms with E-state index >= 15 is 0 Å². The molecule has 3 aromatic rings. The lowest BCUT2D eigenvalue weighted by atomic mass is 10.2. The molecule has 0 unspecified atom stereocenters. The van der Waals surface area contributed by atoms with Crippen LogP contribution in [0.25, 0.3) is 11.1 Å². The number of pyridine rings is 1. The Bertz CT molecular complexity index is 779. The molecule has 20 heavy (non-hydrogen) atoms. The first-order valence-corrected chi connectivity index (χ1v) is 6.58. The molecular formula is C17H14N2O. The minimum atomic E-state index is 0.711.